The minimum absolute atomic E-state index is 0.829. The molecule has 0 fully saturated rings. The standard InChI is InChI=1S/C41H25NO/c1-2-12-26(13-3-1)37-29-14-4-6-16-31(29)38(32-17-7-5-15-30(32)37)27-22-24-28(25-23-27)39-33-18-8-10-20-35(33)42-40-34-19-9-11-21-36(34)43-41(39)40/h1-25H. The summed E-state index contributed by atoms with van der Waals surface area (Å²) in [5, 5.41) is 7.15. The Bertz CT molecular complexity index is 2430. The molecule has 0 N–H and O–H groups in total. The van der Waals surface area contributed by atoms with Crippen molar-refractivity contribution in [2.24, 2.45) is 0 Å². The van der Waals surface area contributed by atoms with E-state index in [1.165, 1.54) is 43.8 Å². The van der Waals surface area contributed by atoms with E-state index in [9.17, 15) is 0 Å². The highest BCUT2D eigenvalue weighted by Crippen LogP contribution is 2.45. The van der Waals surface area contributed by atoms with E-state index < -0.39 is 0 Å². The van der Waals surface area contributed by atoms with Crippen LogP contribution in [-0.2, 0) is 0 Å². The molecule has 0 aliphatic rings. The number of aromatic nitrogens is 1. The fourth-order valence-electron chi connectivity index (χ4n) is 6.78. The normalized spacial score (nSPS) is 11.7. The average molecular weight is 548 g/mol. The molecule has 0 unspecified atom stereocenters. The van der Waals surface area contributed by atoms with Crippen LogP contribution in [0.5, 0.6) is 0 Å². The lowest BCUT2D eigenvalue weighted by Crippen LogP contribution is -1.91. The van der Waals surface area contributed by atoms with Crippen molar-refractivity contribution in [3.05, 3.63) is 152 Å². The van der Waals surface area contributed by atoms with E-state index in [4.69, 9.17) is 9.40 Å². The zero-order valence-corrected chi connectivity index (χ0v) is 23.3. The summed E-state index contributed by atoms with van der Waals surface area (Å²) < 4.78 is 6.47. The molecule has 2 heterocycles. The predicted octanol–water partition coefficient (Wildman–Crippen LogP) is 11.4. The maximum Gasteiger partial charge on any atom is 0.162 e. The highest BCUT2D eigenvalue weighted by Gasteiger charge is 2.19. The number of nitrogens with zero attached hydrogens (tertiary/aromatic N) is 1. The van der Waals surface area contributed by atoms with Crippen LogP contribution in [0.1, 0.15) is 0 Å². The van der Waals surface area contributed by atoms with Crippen molar-refractivity contribution in [3.8, 4) is 33.4 Å². The van der Waals surface area contributed by atoms with E-state index >= 15 is 0 Å². The molecule has 43 heavy (non-hydrogen) atoms. The Balaban J connectivity index is 1.30. The Kier molecular flexibility index (Phi) is 5.23. The summed E-state index contributed by atoms with van der Waals surface area (Å²) in [4.78, 5) is 5.02. The summed E-state index contributed by atoms with van der Waals surface area (Å²) in [5.41, 5.74) is 10.7. The number of pyridine rings is 1. The maximum atomic E-state index is 6.47. The molecule has 0 bridgehead atoms. The Morgan fingerprint density at radius 1 is 0.349 bits per heavy atom. The van der Waals surface area contributed by atoms with E-state index in [0.717, 1.165) is 44.1 Å². The third-order valence-electron chi connectivity index (χ3n) is 8.66. The molecule has 9 rings (SSSR count). The summed E-state index contributed by atoms with van der Waals surface area (Å²) in [6.45, 7) is 0. The van der Waals surface area contributed by atoms with Crippen LogP contribution >= 0.6 is 0 Å². The van der Waals surface area contributed by atoms with Crippen molar-refractivity contribution in [1.29, 1.82) is 0 Å². The first-order valence-electron chi connectivity index (χ1n) is 14.6. The van der Waals surface area contributed by atoms with Crippen LogP contribution < -0.4 is 0 Å². The molecule has 0 aliphatic carbocycles. The summed E-state index contributed by atoms with van der Waals surface area (Å²) >= 11 is 0. The van der Waals surface area contributed by atoms with Gasteiger partial charge in [-0.25, -0.2) is 4.98 Å². The van der Waals surface area contributed by atoms with E-state index in [2.05, 4.69) is 127 Å². The number of benzene rings is 7. The maximum absolute atomic E-state index is 6.47. The van der Waals surface area contributed by atoms with Crippen molar-refractivity contribution in [2.75, 3.05) is 0 Å². The van der Waals surface area contributed by atoms with Gasteiger partial charge in [-0.05, 0) is 67.6 Å². The summed E-state index contributed by atoms with van der Waals surface area (Å²) in [7, 11) is 0. The van der Waals surface area contributed by atoms with E-state index in [0.29, 0.717) is 0 Å². The van der Waals surface area contributed by atoms with Gasteiger partial charge < -0.3 is 4.42 Å². The fourth-order valence-corrected chi connectivity index (χ4v) is 6.78. The van der Waals surface area contributed by atoms with Gasteiger partial charge in [0.25, 0.3) is 0 Å². The third-order valence-corrected chi connectivity index (χ3v) is 8.66. The second kappa shape index (κ2) is 9.40. The SMILES string of the molecule is c1ccc(-c2c3ccccc3c(-c3ccc(-c4c5ccccc5nc5c4oc4ccccc45)cc3)c3ccccc23)cc1. The van der Waals surface area contributed by atoms with Crippen LogP contribution in [-0.4, -0.2) is 4.98 Å². The lowest BCUT2D eigenvalue weighted by atomic mass is 9.85. The van der Waals surface area contributed by atoms with Crippen LogP contribution in [0.3, 0.4) is 0 Å². The monoisotopic (exact) mass is 547 g/mol. The minimum Gasteiger partial charge on any atom is -0.454 e. The number of para-hydroxylation sites is 2. The summed E-state index contributed by atoms with van der Waals surface area (Å²) in [6, 6.07) is 53.8. The minimum atomic E-state index is 0.829. The smallest absolute Gasteiger partial charge is 0.162 e. The van der Waals surface area contributed by atoms with Gasteiger partial charge in [0.15, 0.2) is 5.58 Å². The van der Waals surface area contributed by atoms with Crippen LogP contribution in [0, 0.1) is 0 Å². The Labute approximate surface area is 248 Å². The summed E-state index contributed by atoms with van der Waals surface area (Å²) in [5.74, 6) is 0. The molecule has 0 radical (unpaired) electrons. The molecule has 200 valence electrons. The van der Waals surface area contributed by atoms with Crippen molar-refractivity contribution in [3.63, 3.8) is 0 Å². The Morgan fingerprint density at radius 3 is 1.40 bits per heavy atom. The lowest BCUT2D eigenvalue weighted by Gasteiger charge is -2.18. The average Bonchev–Trinajstić information content (AvgIpc) is 3.44. The van der Waals surface area contributed by atoms with Gasteiger partial charge in [0.05, 0.1) is 5.52 Å². The Hall–Kier alpha value is -5.73. The van der Waals surface area contributed by atoms with Gasteiger partial charge in [0.1, 0.15) is 11.1 Å². The van der Waals surface area contributed by atoms with Crippen LogP contribution in [0.4, 0.5) is 0 Å². The zero-order chi connectivity index (χ0) is 28.3. The summed E-state index contributed by atoms with van der Waals surface area (Å²) in [6.07, 6.45) is 0. The van der Waals surface area contributed by atoms with Crippen molar-refractivity contribution in [2.45, 2.75) is 0 Å². The zero-order valence-electron chi connectivity index (χ0n) is 23.3. The quantitative estimate of drug-likeness (QED) is 0.206. The van der Waals surface area contributed by atoms with Crippen LogP contribution in [0.25, 0.3) is 87.9 Å². The molecule has 2 nitrogen and oxygen atoms in total. The second-order valence-electron chi connectivity index (χ2n) is 11.1. The second-order valence-corrected chi connectivity index (χ2v) is 11.1. The van der Waals surface area contributed by atoms with Gasteiger partial charge in [-0.3, -0.25) is 0 Å². The van der Waals surface area contributed by atoms with Crippen molar-refractivity contribution in [1.82, 2.24) is 4.98 Å². The first-order chi connectivity index (χ1) is 21.3. The van der Waals surface area contributed by atoms with E-state index in [-0.39, 0.29) is 0 Å². The molecule has 0 saturated heterocycles. The lowest BCUT2D eigenvalue weighted by molar-refractivity contribution is 0.670. The van der Waals surface area contributed by atoms with Gasteiger partial charge in [-0.1, -0.05) is 133 Å². The molecular formula is C41H25NO. The van der Waals surface area contributed by atoms with Crippen molar-refractivity contribution >= 4 is 54.5 Å². The molecule has 9 aromatic rings. The molecule has 0 spiro atoms. The number of fused-ring (bicyclic) bond motifs is 6. The fraction of sp³-hybridized carbons (Fsp3) is 0. The van der Waals surface area contributed by atoms with Crippen LogP contribution in [0.15, 0.2) is 156 Å². The molecule has 2 heteroatoms. The van der Waals surface area contributed by atoms with Gasteiger partial charge >= 0.3 is 0 Å². The van der Waals surface area contributed by atoms with Gasteiger partial charge in [-0.15, -0.1) is 0 Å². The van der Waals surface area contributed by atoms with Crippen molar-refractivity contribution < 1.29 is 4.42 Å². The predicted molar refractivity (Wildman–Crippen MR) is 180 cm³/mol. The van der Waals surface area contributed by atoms with Gasteiger partial charge in [0, 0.05) is 16.3 Å². The van der Waals surface area contributed by atoms with Gasteiger partial charge in [-0.2, -0.15) is 0 Å². The number of hydrogen-bond donors (Lipinski definition) is 0. The molecule has 2 aromatic heterocycles. The number of furan rings is 1. The third kappa shape index (κ3) is 3.63. The molecule has 0 amide bonds. The van der Waals surface area contributed by atoms with E-state index in [1.54, 1.807) is 0 Å². The number of rotatable bonds is 3. The molecular weight excluding hydrogens is 522 g/mol. The van der Waals surface area contributed by atoms with Gasteiger partial charge in [0.2, 0.25) is 0 Å². The first-order valence-corrected chi connectivity index (χ1v) is 14.6. The Morgan fingerprint density at radius 2 is 0.791 bits per heavy atom. The molecule has 0 aliphatic heterocycles. The molecule has 0 atom stereocenters. The highest BCUT2D eigenvalue weighted by atomic mass is 16.3. The topological polar surface area (TPSA) is 26.0 Å². The largest absolute Gasteiger partial charge is 0.454 e. The first kappa shape index (κ1) is 23.9. The molecule has 0 saturated carbocycles. The van der Waals surface area contributed by atoms with Crippen LogP contribution in [0.2, 0.25) is 0 Å². The number of hydrogen-bond acceptors (Lipinski definition) is 2. The van der Waals surface area contributed by atoms with E-state index in [1.807, 2.05) is 24.3 Å². The molecule has 7 aromatic carbocycles. The highest BCUT2D eigenvalue weighted by molar-refractivity contribution is 6.21.